The van der Waals surface area contributed by atoms with Crippen molar-refractivity contribution in [3.05, 3.63) is 0 Å². The fraction of sp³-hybridized carbons (Fsp3) is 1.00. The van der Waals surface area contributed by atoms with Gasteiger partial charge in [0.15, 0.2) is 6.29 Å². The molecular weight excluding hydrogens is 164 g/mol. The molecule has 0 amide bonds. The molecule has 1 saturated carbocycles. The number of rotatable bonds is 6. The van der Waals surface area contributed by atoms with Crippen molar-refractivity contribution in [2.45, 2.75) is 64.8 Å². The van der Waals surface area contributed by atoms with Gasteiger partial charge >= 0.3 is 0 Å². The molecule has 0 aromatic heterocycles. The maximum absolute atomic E-state index is 5.74. The summed E-state index contributed by atoms with van der Waals surface area (Å²) < 4.78 is 11.3. The monoisotopic (exact) mass is 186 g/mol. The third-order valence-corrected chi connectivity index (χ3v) is 2.54. The van der Waals surface area contributed by atoms with Gasteiger partial charge in [0.25, 0.3) is 0 Å². The van der Waals surface area contributed by atoms with E-state index in [2.05, 4.69) is 6.92 Å². The zero-order chi connectivity index (χ0) is 9.52. The van der Waals surface area contributed by atoms with E-state index in [-0.39, 0.29) is 6.29 Å². The Bertz CT molecular complexity index is 119. The Balaban J connectivity index is 1.99. The van der Waals surface area contributed by atoms with Gasteiger partial charge in [-0.25, -0.2) is 0 Å². The third kappa shape index (κ3) is 4.63. The van der Waals surface area contributed by atoms with Gasteiger partial charge in [0.05, 0.1) is 6.10 Å². The summed E-state index contributed by atoms with van der Waals surface area (Å²) in [5, 5.41) is 0. The van der Waals surface area contributed by atoms with Crippen LogP contribution in [0.25, 0.3) is 0 Å². The summed E-state index contributed by atoms with van der Waals surface area (Å²) in [6, 6.07) is 0. The largest absolute Gasteiger partial charge is 0.353 e. The highest BCUT2D eigenvalue weighted by Gasteiger charge is 2.17. The van der Waals surface area contributed by atoms with Crippen LogP contribution in [0.5, 0.6) is 0 Å². The first kappa shape index (κ1) is 11.0. The van der Waals surface area contributed by atoms with E-state index >= 15 is 0 Å². The van der Waals surface area contributed by atoms with Crippen molar-refractivity contribution in [3.63, 3.8) is 0 Å². The smallest absolute Gasteiger partial charge is 0.155 e. The second kappa shape index (κ2) is 6.39. The third-order valence-electron chi connectivity index (χ3n) is 2.54. The predicted molar refractivity (Wildman–Crippen MR) is 53.7 cm³/mol. The lowest BCUT2D eigenvalue weighted by molar-refractivity contribution is -0.158. The Morgan fingerprint density at radius 3 is 2.62 bits per heavy atom. The average Bonchev–Trinajstić information content (AvgIpc) is 2.57. The van der Waals surface area contributed by atoms with Crippen LogP contribution in [0.2, 0.25) is 0 Å². The van der Waals surface area contributed by atoms with E-state index in [1.54, 1.807) is 0 Å². The SMILES string of the molecule is CCCCOC(C)OC1CCCC1. The minimum Gasteiger partial charge on any atom is -0.353 e. The van der Waals surface area contributed by atoms with Crippen molar-refractivity contribution in [3.8, 4) is 0 Å². The molecule has 0 aromatic carbocycles. The maximum Gasteiger partial charge on any atom is 0.155 e. The Morgan fingerprint density at radius 1 is 1.31 bits per heavy atom. The lowest BCUT2D eigenvalue weighted by Gasteiger charge is -2.18. The molecule has 1 fully saturated rings. The van der Waals surface area contributed by atoms with Crippen LogP contribution in [0.15, 0.2) is 0 Å². The molecular formula is C11H22O2. The molecule has 78 valence electrons. The maximum atomic E-state index is 5.74. The van der Waals surface area contributed by atoms with Gasteiger partial charge in [-0.2, -0.15) is 0 Å². The first-order valence-corrected chi connectivity index (χ1v) is 5.60. The van der Waals surface area contributed by atoms with E-state index in [4.69, 9.17) is 9.47 Å². The fourth-order valence-corrected chi connectivity index (χ4v) is 1.73. The number of unbranched alkanes of at least 4 members (excludes halogenated alkanes) is 1. The summed E-state index contributed by atoms with van der Waals surface area (Å²) in [4.78, 5) is 0. The molecule has 2 nitrogen and oxygen atoms in total. The first-order chi connectivity index (χ1) is 6.33. The molecule has 0 radical (unpaired) electrons. The summed E-state index contributed by atoms with van der Waals surface area (Å²) in [5.74, 6) is 0. The summed E-state index contributed by atoms with van der Waals surface area (Å²) in [6.45, 7) is 5.02. The highest BCUT2D eigenvalue weighted by atomic mass is 16.7. The molecule has 1 rings (SSSR count). The first-order valence-electron chi connectivity index (χ1n) is 5.60. The second-order valence-electron chi connectivity index (χ2n) is 3.83. The molecule has 0 aromatic rings. The Hall–Kier alpha value is -0.0800. The lowest BCUT2D eigenvalue weighted by Crippen LogP contribution is -2.20. The highest BCUT2D eigenvalue weighted by molar-refractivity contribution is 4.66. The van der Waals surface area contributed by atoms with Crippen LogP contribution in [0.3, 0.4) is 0 Å². The van der Waals surface area contributed by atoms with Crippen LogP contribution in [0.4, 0.5) is 0 Å². The van der Waals surface area contributed by atoms with E-state index in [1.807, 2.05) is 6.92 Å². The van der Waals surface area contributed by atoms with Crippen LogP contribution in [-0.2, 0) is 9.47 Å². The zero-order valence-electron chi connectivity index (χ0n) is 8.92. The molecule has 0 spiro atoms. The number of hydrogen-bond acceptors (Lipinski definition) is 2. The molecule has 0 aliphatic heterocycles. The number of hydrogen-bond donors (Lipinski definition) is 0. The van der Waals surface area contributed by atoms with Crippen molar-refractivity contribution in [2.75, 3.05) is 6.61 Å². The molecule has 13 heavy (non-hydrogen) atoms. The summed E-state index contributed by atoms with van der Waals surface area (Å²) in [6.07, 6.45) is 7.89. The molecule has 2 heteroatoms. The molecule has 1 aliphatic carbocycles. The fourth-order valence-electron chi connectivity index (χ4n) is 1.73. The molecule has 0 N–H and O–H groups in total. The van der Waals surface area contributed by atoms with E-state index in [0.29, 0.717) is 6.10 Å². The molecule has 1 unspecified atom stereocenters. The van der Waals surface area contributed by atoms with Gasteiger partial charge in [0, 0.05) is 6.61 Å². The minimum absolute atomic E-state index is 0.00495. The lowest BCUT2D eigenvalue weighted by atomic mass is 10.3. The topological polar surface area (TPSA) is 18.5 Å². The van der Waals surface area contributed by atoms with E-state index in [1.165, 1.54) is 32.1 Å². The normalized spacial score (nSPS) is 20.8. The summed E-state index contributed by atoms with van der Waals surface area (Å²) >= 11 is 0. The zero-order valence-corrected chi connectivity index (χ0v) is 8.92. The quantitative estimate of drug-likeness (QED) is 0.469. The van der Waals surface area contributed by atoms with Crippen molar-refractivity contribution < 1.29 is 9.47 Å². The van der Waals surface area contributed by atoms with E-state index < -0.39 is 0 Å². The molecule has 1 atom stereocenters. The van der Waals surface area contributed by atoms with Gasteiger partial charge in [-0.1, -0.05) is 26.2 Å². The summed E-state index contributed by atoms with van der Waals surface area (Å²) in [5.41, 5.74) is 0. The molecule has 0 saturated heterocycles. The van der Waals surface area contributed by atoms with Crippen LogP contribution in [0.1, 0.15) is 52.4 Å². The predicted octanol–water partition coefficient (Wildman–Crippen LogP) is 3.11. The van der Waals surface area contributed by atoms with Gasteiger partial charge in [-0.15, -0.1) is 0 Å². The molecule has 0 heterocycles. The van der Waals surface area contributed by atoms with Crippen LogP contribution < -0.4 is 0 Å². The minimum atomic E-state index is -0.00495. The van der Waals surface area contributed by atoms with Gasteiger partial charge in [0.2, 0.25) is 0 Å². The van der Waals surface area contributed by atoms with Gasteiger partial charge in [-0.3, -0.25) is 0 Å². The van der Waals surface area contributed by atoms with Crippen molar-refractivity contribution in [1.82, 2.24) is 0 Å². The summed E-state index contributed by atoms with van der Waals surface area (Å²) in [7, 11) is 0. The van der Waals surface area contributed by atoms with Crippen LogP contribution in [0, 0.1) is 0 Å². The van der Waals surface area contributed by atoms with Crippen LogP contribution in [-0.4, -0.2) is 19.0 Å². The van der Waals surface area contributed by atoms with Gasteiger partial charge in [0.1, 0.15) is 0 Å². The van der Waals surface area contributed by atoms with Crippen molar-refractivity contribution in [1.29, 1.82) is 0 Å². The van der Waals surface area contributed by atoms with Crippen molar-refractivity contribution in [2.24, 2.45) is 0 Å². The Kier molecular flexibility index (Phi) is 5.40. The Labute approximate surface area is 81.6 Å². The second-order valence-corrected chi connectivity index (χ2v) is 3.83. The van der Waals surface area contributed by atoms with E-state index in [9.17, 15) is 0 Å². The highest BCUT2D eigenvalue weighted by Crippen LogP contribution is 2.22. The van der Waals surface area contributed by atoms with Crippen molar-refractivity contribution >= 4 is 0 Å². The van der Waals surface area contributed by atoms with Crippen LogP contribution >= 0.6 is 0 Å². The molecule has 1 aliphatic rings. The van der Waals surface area contributed by atoms with Gasteiger partial charge in [-0.05, 0) is 26.2 Å². The standard InChI is InChI=1S/C11H22O2/c1-3-4-9-12-10(2)13-11-7-5-6-8-11/h10-11H,3-9H2,1-2H3. The van der Waals surface area contributed by atoms with E-state index in [0.717, 1.165) is 13.0 Å². The van der Waals surface area contributed by atoms with Gasteiger partial charge < -0.3 is 9.47 Å². The number of ether oxygens (including phenoxy) is 2. The average molecular weight is 186 g/mol. The molecule has 0 bridgehead atoms. The Morgan fingerprint density at radius 2 is 2.00 bits per heavy atom.